The summed E-state index contributed by atoms with van der Waals surface area (Å²) in [7, 11) is 0. The Bertz CT molecular complexity index is 363. The Hall–Kier alpha value is -1.59. The summed E-state index contributed by atoms with van der Waals surface area (Å²) in [5.41, 5.74) is -0.436. The van der Waals surface area contributed by atoms with E-state index in [1.54, 1.807) is 4.90 Å². The summed E-state index contributed by atoms with van der Waals surface area (Å²) < 4.78 is 5.25. The van der Waals surface area contributed by atoms with Gasteiger partial charge in [0.1, 0.15) is 17.8 Å². The summed E-state index contributed by atoms with van der Waals surface area (Å²) in [5, 5.41) is 6.59. The molecule has 1 aromatic heterocycles. The van der Waals surface area contributed by atoms with E-state index in [0.29, 0.717) is 13.1 Å². The van der Waals surface area contributed by atoms with Crippen molar-refractivity contribution >= 4 is 6.09 Å². The molecule has 2 heterocycles. The molecule has 0 bridgehead atoms. The maximum atomic E-state index is 11.6. The van der Waals surface area contributed by atoms with Crippen molar-refractivity contribution < 1.29 is 9.53 Å². The van der Waals surface area contributed by atoms with Gasteiger partial charge in [-0.05, 0) is 20.8 Å². The van der Waals surface area contributed by atoms with Crippen LogP contribution in [0.1, 0.15) is 32.5 Å². The highest BCUT2D eigenvalue weighted by molar-refractivity contribution is 5.69. The smallest absolute Gasteiger partial charge is 0.410 e. The number of rotatable bonds is 1. The minimum absolute atomic E-state index is 0.259. The van der Waals surface area contributed by atoms with Crippen LogP contribution in [-0.4, -0.2) is 44.9 Å². The normalized spacial score (nSPS) is 17.1. The third kappa shape index (κ3) is 2.32. The summed E-state index contributed by atoms with van der Waals surface area (Å²) in [6, 6.07) is 0. The molecule has 88 valence electrons. The van der Waals surface area contributed by atoms with Gasteiger partial charge in [0.05, 0.1) is 5.92 Å². The molecule has 16 heavy (non-hydrogen) atoms. The number of carbonyl (C=O) groups is 1. The van der Waals surface area contributed by atoms with Crippen molar-refractivity contribution in [2.75, 3.05) is 13.1 Å². The lowest BCUT2D eigenvalue weighted by Crippen LogP contribution is -2.50. The van der Waals surface area contributed by atoms with Crippen molar-refractivity contribution in [1.82, 2.24) is 20.1 Å². The van der Waals surface area contributed by atoms with E-state index in [1.807, 2.05) is 20.8 Å². The Morgan fingerprint density at radius 3 is 2.75 bits per heavy atom. The first-order chi connectivity index (χ1) is 7.46. The van der Waals surface area contributed by atoms with Crippen LogP contribution < -0.4 is 0 Å². The molecule has 2 rings (SSSR count). The van der Waals surface area contributed by atoms with Crippen LogP contribution in [0.15, 0.2) is 6.33 Å². The molecular formula is C10H16N4O2. The van der Waals surface area contributed by atoms with Crippen molar-refractivity contribution in [3.8, 4) is 0 Å². The zero-order valence-corrected chi connectivity index (χ0v) is 9.73. The van der Waals surface area contributed by atoms with E-state index in [-0.39, 0.29) is 12.0 Å². The zero-order chi connectivity index (χ0) is 11.8. The van der Waals surface area contributed by atoms with Gasteiger partial charge in [-0.25, -0.2) is 9.78 Å². The number of nitrogens with one attached hydrogen (secondary N) is 1. The zero-order valence-electron chi connectivity index (χ0n) is 9.73. The first kappa shape index (κ1) is 10.9. The summed E-state index contributed by atoms with van der Waals surface area (Å²) in [6.45, 7) is 6.87. The minimum atomic E-state index is -0.436. The Morgan fingerprint density at radius 1 is 1.56 bits per heavy atom. The highest BCUT2D eigenvalue weighted by Crippen LogP contribution is 2.25. The van der Waals surface area contributed by atoms with E-state index in [9.17, 15) is 4.79 Å². The second-order valence-electron chi connectivity index (χ2n) is 4.95. The van der Waals surface area contributed by atoms with Gasteiger partial charge in [-0.2, -0.15) is 5.10 Å². The van der Waals surface area contributed by atoms with Crippen LogP contribution in [0.3, 0.4) is 0 Å². The number of likely N-dealkylation sites (tertiary alicyclic amines) is 1. The lowest BCUT2D eigenvalue weighted by Gasteiger charge is -2.38. The van der Waals surface area contributed by atoms with Gasteiger partial charge in [0.25, 0.3) is 0 Å². The first-order valence-corrected chi connectivity index (χ1v) is 5.29. The predicted octanol–water partition coefficient (Wildman–Crippen LogP) is 1.14. The summed E-state index contributed by atoms with van der Waals surface area (Å²) in [4.78, 5) is 17.3. The second-order valence-corrected chi connectivity index (χ2v) is 4.95. The molecular weight excluding hydrogens is 208 g/mol. The van der Waals surface area contributed by atoms with Crippen molar-refractivity contribution in [1.29, 1.82) is 0 Å². The summed E-state index contributed by atoms with van der Waals surface area (Å²) in [6.07, 6.45) is 1.22. The molecule has 6 nitrogen and oxygen atoms in total. The number of hydrogen-bond acceptors (Lipinski definition) is 4. The van der Waals surface area contributed by atoms with E-state index in [1.165, 1.54) is 6.33 Å². The van der Waals surface area contributed by atoms with Gasteiger partial charge in [-0.3, -0.25) is 5.10 Å². The molecule has 0 saturated carbocycles. The first-order valence-electron chi connectivity index (χ1n) is 5.29. The average molecular weight is 224 g/mol. The lowest BCUT2D eigenvalue weighted by molar-refractivity contribution is 0.00755. The third-order valence-corrected chi connectivity index (χ3v) is 2.35. The average Bonchev–Trinajstić information content (AvgIpc) is 2.49. The molecule has 0 unspecified atom stereocenters. The van der Waals surface area contributed by atoms with Gasteiger partial charge in [-0.1, -0.05) is 0 Å². The Balaban J connectivity index is 1.82. The number of hydrogen-bond donors (Lipinski definition) is 1. The fourth-order valence-corrected chi connectivity index (χ4v) is 1.54. The van der Waals surface area contributed by atoms with Gasteiger partial charge < -0.3 is 9.64 Å². The quantitative estimate of drug-likeness (QED) is 0.776. The Labute approximate surface area is 94.0 Å². The molecule has 0 radical (unpaired) electrons. The largest absolute Gasteiger partial charge is 0.444 e. The summed E-state index contributed by atoms with van der Waals surface area (Å²) in [5.74, 6) is 1.09. The number of ether oxygens (including phenoxy) is 1. The fraction of sp³-hybridized carbons (Fsp3) is 0.700. The van der Waals surface area contributed by atoms with Gasteiger partial charge in [0, 0.05) is 13.1 Å². The maximum Gasteiger partial charge on any atom is 0.410 e. The molecule has 0 aliphatic carbocycles. The monoisotopic (exact) mass is 224 g/mol. The molecule has 0 aromatic carbocycles. The summed E-state index contributed by atoms with van der Waals surface area (Å²) >= 11 is 0. The van der Waals surface area contributed by atoms with Gasteiger partial charge in [0.2, 0.25) is 0 Å². The molecule has 1 N–H and O–H groups in total. The predicted molar refractivity (Wildman–Crippen MR) is 56.9 cm³/mol. The van der Waals surface area contributed by atoms with Crippen LogP contribution in [0.4, 0.5) is 4.79 Å². The van der Waals surface area contributed by atoms with Gasteiger partial charge in [-0.15, -0.1) is 0 Å². The number of carbonyl (C=O) groups excluding carboxylic acids is 1. The lowest BCUT2D eigenvalue weighted by atomic mass is 10.0. The van der Waals surface area contributed by atoms with Crippen LogP contribution in [0, 0.1) is 0 Å². The number of nitrogens with zero attached hydrogens (tertiary/aromatic N) is 3. The van der Waals surface area contributed by atoms with Crippen molar-refractivity contribution in [3.63, 3.8) is 0 Å². The molecule has 1 aliphatic heterocycles. The molecule has 1 aliphatic rings. The van der Waals surface area contributed by atoms with Crippen LogP contribution in [0.25, 0.3) is 0 Å². The fourth-order valence-electron chi connectivity index (χ4n) is 1.54. The van der Waals surface area contributed by atoms with Crippen LogP contribution in [0.5, 0.6) is 0 Å². The van der Waals surface area contributed by atoms with Crippen molar-refractivity contribution in [2.45, 2.75) is 32.3 Å². The number of aromatic nitrogens is 3. The Morgan fingerprint density at radius 2 is 2.25 bits per heavy atom. The van der Waals surface area contributed by atoms with E-state index in [0.717, 1.165) is 5.82 Å². The minimum Gasteiger partial charge on any atom is -0.444 e. The topological polar surface area (TPSA) is 71.1 Å². The van der Waals surface area contributed by atoms with E-state index < -0.39 is 5.60 Å². The number of aromatic amines is 1. The standard InChI is InChI=1S/C10H16N4O2/c1-10(2,3)16-9(15)14-4-7(5-14)8-11-6-12-13-8/h6-7H,4-5H2,1-3H3,(H,11,12,13). The molecule has 1 fully saturated rings. The number of H-pyrrole nitrogens is 1. The van der Waals surface area contributed by atoms with Crippen molar-refractivity contribution in [3.05, 3.63) is 12.2 Å². The van der Waals surface area contributed by atoms with Crippen LogP contribution >= 0.6 is 0 Å². The third-order valence-electron chi connectivity index (χ3n) is 2.35. The molecule has 0 atom stereocenters. The highest BCUT2D eigenvalue weighted by atomic mass is 16.6. The Kier molecular flexibility index (Phi) is 2.57. The van der Waals surface area contributed by atoms with Crippen LogP contribution in [0.2, 0.25) is 0 Å². The molecule has 1 saturated heterocycles. The molecule has 1 aromatic rings. The SMILES string of the molecule is CC(C)(C)OC(=O)N1CC(c2ncn[nH]2)C1. The van der Waals surface area contributed by atoms with Gasteiger partial charge in [0.15, 0.2) is 0 Å². The number of amides is 1. The highest BCUT2D eigenvalue weighted by Gasteiger charge is 2.35. The second kappa shape index (κ2) is 3.77. The van der Waals surface area contributed by atoms with Crippen molar-refractivity contribution in [2.24, 2.45) is 0 Å². The maximum absolute atomic E-state index is 11.6. The molecule has 0 spiro atoms. The van der Waals surface area contributed by atoms with Crippen LogP contribution in [-0.2, 0) is 4.74 Å². The molecule has 6 heteroatoms. The van der Waals surface area contributed by atoms with E-state index in [2.05, 4.69) is 15.2 Å². The van der Waals surface area contributed by atoms with Gasteiger partial charge >= 0.3 is 6.09 Å². The van der Waals surface area contributed by atoms with E-state index >= 15 is 0 Å². The molecule has 1 amide bonds. The van der Waals surface area contributed by atoms with E-state index in [4.69, 9.17) is 4.74 Å².